The number of aromatic nitrogens is 2. The van der Waals surface area contributed by atoms with Crippen molar-refractivity contribution in [3.05, 3.63) is 48.0 Å². The summed E-state index contributed by atoms with van der Waals surface area (Å²) in [6, 6.07) is 9.10. The van der Waals surface area contributed by atoms with Crippen molar-refractivity contribution >= 4 is 11.6 Å². The summed E-state index contributed by atoms with van der Waals surface area (Å²) in [5.74, 6) is -0.259. The van der Waals surface area contributed by atoms with E-state index in [1.807, 2.05) is 18.2 Å². The molecule has 0 bridgehead atoms. The van der Waals surface area contributed by atoms with E-state index in [4.69, 9.17) is 11.6 Å². The van der Waals surface area contributed by atoms with Gasteiger partial charge in [-0.15, -0.1) is 11.6 Å². The van der Waals surface area contributed by atoms with Crippen LogP contribution in [0.2, 0.25) is 0 Å². The van der Waals surface area contributed by atoms with E-state index in [1.165, 1.54) is 10.9 Å². The van der Waals surface area contributed by atoms with Gasteiger partial charge in [0.1, 0.15) is 0 Å². The molecule has 0 N–H and O–H groups in total. The van der Waals surface area contributed by atoms with Crippen LogP contribution in [0.25, 0.3) is 5.69 Å². The quantitative estimate of drug-likeness (QED) is 0.697. The Hall–Kier alpha value is -1.35. The molecule has 0 saturated heterocycles. The van der Waals surface area contributed by atoms with Gasteiger partial charge in [0.25, 0.3) is 0 Å². The molecule has 14 heavy (non-hydrogen) atoms. The Labute approximate surface area is 85.9 Å². The van der Waals surface area contributed by atoms with Crippen LogP contribution in [0.4, 0.5) is 4.39 Å². The number of alkyl halides is 1. The highest BCUT2D eigenvalue weighted by molar-refractivity contribution is 6.17. The van der Waals surface area contributed by atoms with Crippen LogP contribution in [0.5, 0.6) is 0 Å². The van der Waals surface area contributed by atoms with Gasteiger partial charge in [-0.25, -0.2) is 4.68 Å². The molecule has 2 rings (SSSR count). The van der Waals surface area contributed by atoms with E-state index in [1.54, 1.807) is 12.1 Å². The summed E-state index contributed by atoms with van der Waals surface area (Å²) in [5, 5.41) is 3.91. The van der Waals surface area contributed by atoms with Crippen LogP contribution >= 0.6 is 11.6 Å². The van der Waals surface area contributed by atoms with Crippen LogP contribution < -0.4 is 0 Å². The van der Waals surface area contributed by atoms with E-state index in [2.05, 4.69) is 5.10 Å². The standard InChI is InChI=1S/C10H8ClFN2/c11-6-8-7-13-14(10(8)12)9-4-2-1-3-5-9/h1-5,7H,6H2. The van der Waals surface area contributed by atoms with E-state index in [0.717, 1.165) is 0 Å². The lowest BCUT2D eigenvalue weighted by Crippen LogP contribution is -1.99. The van der Waals surface area contributed by atoms with Crippen molar-refractivity contribution in [1.29, 1.82) is 0 Å². The van der Waals surface area contributed by atoms with E-state index in [0.29, 0.717) is 11.3 Å². The van der Waals surface area contributed by atoms with Gasteiger partial charge in [-0.3, -0.25) is 0 Å². The Morgan fingerprint density at radius 2 is 2.00 bits per heavy atom. The van der Waals surface area contributed by atoms with E-state index in [-0.39, 0.29) is 5.88 Å². The average Bonchev–Trinajstić information content (AvgIpc) is 2.61. The van der Waals surface area contributed by atoms with Crippen LogP contribution in [0, 0.1) is 5.95 Å². The Bertz CT molecular complexity index is 425. The lowest BCUT2D eigenvalue weighted by Gasteiger charge is -2.00. The Morgan fingerprint density at radius 3 is 2.57 bits per heavy atom. The largest absolute Gasteiger partial charge is 0.220 e. The number of nitrogens with zero attached hydrogens (tertiary/aromatic N) is 2. The molecule has 2 aromatic rings. The highest BCUT2D eigenvalue weighted by atomic mass is 35.5. The summed E-state index contributed by atoms with van der Waals surface area (Å²) in [7, 11) is 0. The summed E-state index contributed by atoms with van der Waals surface area (Å²) < 4.78 is 14.8. The van der Waals surface area contributed by atoms with Crippen LogP contribution in [-0.4, -0.2) is 9.78 Å². The van der Waals surface area contributed by atoms with Crippen LogP contribution in [0.3, 0.4) is 0 Å². The van der Waals surface area contributed by atoms with Crippen LogP contribution in [0.15, 0.2) is 36.5 Å². The second-order valence-corrected chi connectivity index (χ2v) is 3.11. The van der Waals surface area contributed by atoms with Crippen molar-refractivity contribution in [2.24, 2.45) is 0 Å². The van der Waals surface area contributed by atoms with Gasteiger partial charge >= 0.3 is 0 Å². The summed E-state index contributed by atoms with van der Waals surface area (Å²) >= 11 is 5.54. The van der Waals surface area contributed by atoms with Crippen molar-refractivity contribution in [3.8, 4) is 5.69 Å². The van der Waals surface area contributed by atoms with Crippen LogP contribution in [0.1, 0.15) is 5.56 Å². The predicted octanol–water partition coefficient (Wildman–Crippen LogP) is 2.75. The summed E-state index contributed by atoms with van der Waals surface area (Å²) in [6.45, 7) is 0. The maximum absolute atomic E-state index is 13.5. The van der Waals surface area contributed by atoms with E-state index >= 15 is 0 Å². The maximum atomic E-state index is 13.5. The molecule has 1 aromatic carbocycles. The molecular weight excluding hydrogens is 203 g/mol. The number of halogens is 2. The molecule has 0 aliphatic carbocycles. The van der Waals surface area contributed by atoms with E-state index in [9.17, 15) is 4.39 Å². The van der Waals surface area contributed by atoms with Gasteiger partial charge in [-0.05, 0) is 12.1 Å². The summed E-state index contributed by atoms with van der Waals surface area (Å²) in [4.78, 5) is 0. The Morgan fingerprint density at radius 1 is 1.29 bits per heavy atom. The minimum atomic E-state index is -0.397. The number of hydrogen-bond donors (Lipinski definition) is 0. The van der Waals surface area contributed by atoms with Crippen molar-refractivity contribution < 1.29 is 4.39 Å². The maximum Gasteiger partial charge on any atom is 0.220 e. The van der Waals surface area contributed by atoms with Gasteiger partial charge in [0, 0.05) is 5.56 Å². The molecule has 0 aliphatic rings. The minimum Gasteiger partial charge on any atom is -0.206 e. The fraction of sp³-hybridized carbons (Fsp3) is 0.100. The smallest absolute Gasteiger partial charge is 0.206 e. The molecule has 0 fully saturated rings. The normalized spacial score (nSPS) is 10.4. The molecule has 0 radical (unpaired) electrons. The first-order valence-electron chi connectivity index (χ1n) is 4.16. The molecule has 0 amide bonds. The SMILES string of the molecule is Fc1c(CCl)cnn1-c1ccccc1. The van der Waals surface area contributed by atoms with Crippen molar-refractivity contribution in [2.75, 3.05) is 0 Å². The number of rotatable bonds is 2. The fourth-order valence-electron chi connectivity index (χ4n) is 1.21. The molecule has 0 atom stereocenters. The van der Waals surface area contributed by atoms with E-state index < -0.39 is 5.95 Å². The zero-order chi connectivity index (χ0) is 9.97. The molecule has 2 nitrogen and oxygen atoms in total. The van der Waals surface area contributed by atoms with Gasteiger partial charge < -0.3 is 0 Å². The average molecular weight is 211 g/mol. The van der Waals surface area contributed by atoms with Gasteiger partial charge in [0.2, 0.25) is 5.95 Å². The molecule has 72 valence electrons. The monoisotopic (exact) mass is 210 g/mol. The lowest BCUT2D eigenvalue weighted by atomic mass is 10.3. The van der Waals surface area contributed by atoms with Gasteiger partial charge in [-0.2, -0.15) is 9.49 Å². The molecule has 1 heterocycles. The summed E-state index contributed by atoms with van der Waals surface area (Å²) in [6.07, 6.45) is 1.44. The molecule has 0 spiro atoms. The molecule has 0 unspecified atom stereocenters. The predicted molar refractivity (Wildman–Crippen MR) is 53.1 cm³/mol. The van der Waals surface area contributed by atoms with Gasteiger partial charge in [0.05, 0.1) is 17.8 Å². The second kappa shape index (κ2) is 3.80. The highest BCUT2D eigenvalue weighted by Crippen LogP contribution is 2.14. The first kappa shape index (κ1) is 9.21. The molecule has 1 aromatic heterocycles. The zero-order valence-corrected chi connectivity index (χ0v) is 8.08. The summed E-state index contributed by atoms with van der Waals surface area (Å²) in [5.41, 5.74) is 1.11. The Balaban J connectivity index is 2.48. The van der Waals surface area contributed by atoms with Crippen molar-refractivity contribution in [3.63, 3.8) is 0 Å². The number of benzene rings is 1. The molecule has 4 heteroatoms. The number of hydrogen-bond acceptors (Lipinski definition) is 1. The molecular formula is C10H8ClFN2. The highest BCUT2D eigenvalue weighted by Gasteiger charge is 2.09. The topological polar surface area (TPSA) is 17.8 Å². The van der Waals surface area contributed by atoms with Crippen LogP contribution in [-0.2, 0) is 5.88 Å². The van der Waals surface area contributed by atoms with Gasteiger partial charge in [0.15, 0.2) is 0 Å². The zero-order valence-electron chi connectivity index (χ0n) is 7.32. The first-order valence-corrected chi connectivity index (χ1v) is 4.70. The van der Waals surface area contributed by atoms with Crippen molar-refractivity contribution in [2.45, 2.75) is 5.88 Å². The third-order valence-corrected chi connectivity index (χ3v) is 2.21. The first-order chi connectivity index (χ1) is 6.83. The number of para-hydroxylation sites is 1. The molecule has 0 saturated carbocycles. The fourth-order valence-corrected chi connectivity index (χ4v) is 1.39. The molecule has 0 aliphatic heterocycles. The van der Waals surface area contributed by atoms with Crippen molar-refractivity contribution in [1.82, 2.24) is 9.78 Å². The third-order valence-electron chi connectivity index (χ3n) is 1.92. The third kappa shape index (κ3) is 1.51. The second-order valence-electron chi connectivity index (χ2n) is 2.84. The minimum absolute atomic E-state index is 0.138. The Kier molecular flexibility index (Phi) is 2.50. The van der Waals surface area contributed by atoms with Gasteiger partial charge in [-0.1, -0.05) is 18.2 Å². The lowest BCUT2D eigenvalue weighted by molar-refractivity contribution is 0.530.